The van der Waals surface area contributed by atoms with Gasteiger partial charge in [0.25, 0.3) is 0 Å². The first kappa shape index (κ1) is 10.7. The summed E-state index contributed by atoms with van der Waals surface area (Å²) in [4.78, 5) is 0. The van der Waals surface area contributed by atoms with Crippen molar-refractivity contribution >= 4 is 0 Å². The Bertz CT molecular complexity index is 359. The monoisotopic (exact) mass is 192 g/mol. The maximum Gasteiger partial charge on any atom is 0.0945 e. The zero-order valence-electron chi connectivity index (χ0n) is 8.91. The largest absolute Gasteiger partial charge is 0.316 e. The van der Waals surface area contributed by atoms with E-state index >= 15 is 0 Å². The average molecular weight is 192 g/mol. The second kappa shape index (κ2) is 4.25. The van der Waals surface area contributed by atoms with Crippen LogP contribution in [0, 0.1) is 32.1 Å². The maximum atomic E-state index is 8.54. The van der Waals surface area contributed by atoms with E-state index in [0.717, 1.165) is 17.9 Å². The predicted octanol–water partition coefficient (Wildman–Crippen LogP) is 1.05. The van der Waals surface area contributed by atoms with Gasteiger partial charge in [-0.15, -0.1) is 0 Å². The van der Waals surface area contributed by atoms with Crippen molar-refractivity contribution in [1.82, 2.24) is 9.78 Å². The first-order valence-corrected chi connectivity index (χ1v) is 4.72. The molecule has 1 aromatic rings. The third-order valence-corrected chi connectivity index (χ3v) is 2.56. The fourth-order valence-corrected chi connectivity index (χ4v) is 1.33. The van der Waals surface area contributed by atoms with Gasteiger partial charge in [-0.3, -0.25) is 4.68 Å². The first-order valence-electron chi connectivity index (χ1n) is 4.72. The highest BCUT2D eigenvalue weighted by atomic mass is 15.3. The van der Waals surface area contributed by atoms with E-state index in [1.165, 1.54) is 5.56 Å². The molecule has 4 nitrogen and oxygen atoms in total. The highest BCUT2D eigenvalue weighted by Crippen LogP contribution is 2.11. The van der Waals surface area contributed by atoms with Crippen molar-refractivity contribution < 1.29 is 0 Å². The van der Waals surface area contributed by atoms with Gasteiger partial charge in [0.05, 0.1) is 17.8 Å². The van der Waals surface area contributed by atoms with E-state index in [4.69, 9.17) is 11.0 Å². The summed E-state index contributed by atoms with van der Waals surface area (Å²) in [5.74, 6) is 0. The van der Waals surface area contributed by atoms with Gasteiger partial charge in [-0.25, -0.2) is 0 Å². The van der Waals surface area contributed by atoms with Crippen molar-refractivity contribution in [2.24, 2.45) is 5.73 Å². The average Bonchev–Trinajstić information content (AvgIpc) is 2.42. The van der Waals surface area contributed by atoms with Crippen molar-refractivity contribution in [3.8, 4) is 6.07 Å². The molecule has 0 aliphatic heterocycles. The van der Waals surface area contributed by atoms with Gasteiger partial charge in [0, 0.05) is 12.2 Å². The Morgan fingerprint density at radius 1 is 1.50 bits per heavy atom. The van der Waals surface area contributed by atoms with E-state index in [-0.39, 0.29) is 6.04 Å². The molecular formula is C10H16N4. The lowest BCUT2D eigenvalue weighted by molar-refractivity contribution is 0.540. The topological polar surface area (TPSA) is 67.6 Å². The molecule has 14 heavy (non-hydrogen) atoms. The van der Waals surface area contributed by atoms with Crippen LogP contribution in [0.3, 0.4) is 0 Å². The minimum absolute atomic E-state index is 0.390. The van der Waals surface area contributed by atoms with Gasteiger partial charge >= 0.3 is 0 Å². The van der Waals surface area contributed by atoms with E-state index in [2.05, 4.69) is 12.0 Å². The molecule has 0 saturated carbocycles. The molecule has 1 rings (SSSR count). The van der Waals surface area contributed by atoms with Crippen LogP contribution in [0.5, 0.6) is 0 Å². The third kappa shape index (κ3) is 2.12. The van der Waals surface area contributed by atoms with Crippen molar-refractivity contribution in [1.29, 1.82) is 5.26 Å². The summed E-state index contributed by atoms with van der Waals surface area (Å²) >= 11 is 0. The molecule has 0 fully saturated rings. The summed E-state index contributed by atoms with van der Waals surface area (Å²) in [5.41, 5.74) is 8.94. The summed E-state index contributed by atoms with van der Waals surface area (Å²) in [7, 11) is 0. The molecule has 1 heterocycles. The molecule has 1 unspecified atom stereocenters. The molecule has 0 aliphatic carbocycles. The molecule has 76 valence electrons. The van der Waals surface area contributed by atoms with E-state index in [1.54, 1.807) is 0 Å². The molecule has 1 atom stereocenters. The fraction of sp³-hybridized carbons (Fsp3) is 0.600. The minimum Gasteiger partial charge on any atom is -0.316 e. The molecule has 2 N–H and O–H groups in total. The number of aryl methyl sites for hydroxylation is 2. The zero-order valence-corrected chi connectivity index (χ0v) is 8.91. The Balaban J connectivity index is 2.69. The van der Waals surface area contributed by atoms with Crippen molar-refractivity contribution in [3.05, 3.63) is 17.0 Å². The Morgan fingerprint density at radius 2 is 2.14 bits per heavy atom. The van der Waals surface area contributed by atoms with Crippen LogP contribution in [0.4, 0.5) is 0 Å². The highest BCUT2D eigenvalue weighted by Gasteiger charge is 2.08. The van der Waals surface area contributed by atoms with Crippen LogP contribution in [0.25, 0.3) is 0 Å². The molecule has 0 amide bonds. The Labute approximate surface area is 84.3 Å². The van der Waals surface area contributed by atoms with Gasteiger partial charge in [-0.2, -0.15) is 10.4 Å². The van der Waals surface area contributed by atoms with Crippen LogP contribution in [0.2, 0.25) is 0 Å². The van der Waals surface area contributed by atoms with Crippen LogP contribution >= 0.6 is 0 Å². The standard InChI is InChI=1S/C10H16N4/c1-7-8(2)13-14(9(7)3)5-4-10(12)6-11/h10H,4-5,12H2,1-3H3. The summed E-state index contributed by atoms with van der Waals surface area (Å²) in [6.45, 7) is 6.80. The number of hydrogen-bond donors (Lipinski definition) is 1. The second-order valence-electron chi connectivity index (χ2n) is 3.54. The Kier molecular flexibility index (Phi) is 3.26. The Morgan fingerprint density at radius 3 is 2.57 bits per heavy atom. The zero-order chi connectivity index (χ0) is 10.7. The van der Waals surface area contributed by atoms with Gasteiger partial charge < -0.3 is 5.73 Å². The molecule has 0 aliphatic rings. The van der Waals surface area contributed by atoms with E-state index < -0.39 is 0 Å². The van der Waals surface area contributed by atoms with Crippen molar-refractivity contribution in [2.45, 2.75) is 39.8 Å². The van der Waals surface area contributed by atoms with Crippen LogP contribution in [0.1, 0.15) is 23.4 Å². The summed E-state index contributed by atoms with van der Waals surface area (Å²) < 4.78 is 1.92. The quantitative estimate of drug-likeness (QED) is 0.778. The van der Waals surface area contributed by atoms with E-state index in [0.29, 0.717) is 6.42 Å². The molecular weight excluding hydrogens is 176 g/mol. The number of nitrogens with two attached hydrogens (primary N) is 1. The lowest BCUT2D eigenvalue weighted by Gasteiger charge is -2.05. The normalized spacial score (nSPS) is 12.5. The third-order valence-electron chi connectivity index (χ3n) is 2.56. The van der Waals surface area contributed by atoms with Crippen LogP contribution in [-0.4, -0.2) is 15.8 Å². The molecule has 1 aromatic heterocycles. The minimum atomic E-state index is -0.390. The molecule has 0 spiro atoms. The lowest BCUT2D eigenvalue weighted by atomic mass is 10.2. The predicted molar refractivity (Wildman–Crippen MR) is 54.6 cm³/mol. The second-order valence-corrected chi connectivity index (χ2v) is 3.54. The highest BCUT2D eigenvalue weighted by molar-refractivity contribution is 5.22. The number of rotatable bonds is 3. The summed E-state index contributed by atoms with van der Waals surface area (Å²) in [6, 6.07) is 1.62. The number of hydrogen-bond acceptors (Lipinski definition) is 3. The van der Waals surface area contributed by atoms with Crippen LogP contribution in [-0.2, 0) is 6.54 Å². The molecule has 4 heteroatoms. The fourth-order valence-electron chi connectivity index (χ4n) is 1.33. The first-order chi connectivity index (χ1) is 6.56. The van der Waals surface area contributed by atoms with Gasteiger partial charge in [0.2, 0.25) is 0 Å². The number of nitriles is 1. The SMILES string of the molecule is Cc1nn(CCC(N)C#N)c(C)c1C. The summed E-state index contributed by atoms with van der Waals surface area (Å²) in [6.07, 6.45) is 0.651. The van der Waals surface area contributed by atoms with Crippen LogP contribution < -0.4 is 5.73 Å². The smallest absolute Gasteiger partial charge is 0.0945 e. The molecule has 0 saturated heterocycles. The lowest BCUT2D eigenvalue weighted by Crippen LogP contribution is -2.20. The maximum absolute atomic E-state index is 8.54. The van der Waals surface area contributed by atoms with Crippen molar-refractivity contribution in [2.75, 3.05) is 0 Å². The molecule has 0 radical (unpaired) electrons. The number of aromatic nitrogens is 2. The number of nitrogens with zero attached hydrogens (tertiary/aromatic N) is 3. The van der Waals surface area contributed by atoms with Gasteiger partial charge in [-0.05, 0) is 32.8 Å². The summed E-state index contributed by atoms with van der Waals surface area (Å²) in [5, 5.41) is 12.9. The van der Waals surface area contributed by atoms with Gasteiger partial charge in [0.15, 0.2) is 0 Å². The Hall–Kier alpha value is -1.34. The molecule has 0 aromatic carbocycles. The van der Waals surface area contributed by atoms with Crippen molar-refractivity contribution in [3.63, 3.8) is 0 Å². The van der Waals surface area contributed by atoms with E-state index in [9.17, 15) is 0 Å². The molecule has 0 bridgehead atoms. The van der Waals surface area contributed by atoms with Gasteiger partial charge in [0.1, 0.15) is 0 Å². The van der Waals surface area contributed by atoms with Gasteiger partial charge in [-0.1, -0.05) is 0 Å². The van der Waals surface area contributed by atoms with E-state index in [1.807, 2.05) is 24.6 Å². The van der Waals surface area contributed by atoms with Crippen LogP contribution in [0.15, 0.2) is 0 Å².